The van der Waals surface area contributed by atoms with Crippen molar-refractivity contribution in [2.45, 2.75) is 26.4 Å². The molecule has 0 radical (unpaired) electrons. The van der Waals surface area contributed by atoms with Crippen LogP contribution in [0.4, 0.5) is 13.2 Å². The van der Waals surface area contributed by atoms with Crippen LogP contribution in [-0.2, 0) is 24.9 Å². The van der Waals surface area contributed by atoms with Crippen molar-refractivity contribution in [3.8, 4) is 11.3 Å². The lowest BCUT2D eigenvalue weighted by atomic mass is 10.1. The van der Waals surface area contributed by atoms with Gasteiger partial charge in [0.25, 0.3) is 6.43 Å². The van der Waals surface area contributed by atoms with Gasteiger partial charge in [-0.05, 0) is 30.7 Å². The minimum absolute atomic E-state index is 0.195. The Morgan fingerprint density at radius 3 is 2.61 bits per heavy atom. The quantitative estimate of drug-likeness (QED) is 0.510. The molecule has 0 aliphatic rings. The van der Waals surface area contributed by atoms with Crippen LogP contribution < -0.4 is 5.32 Å². The molecule has 3 aromatic heterocycles. The van der Waals surface area contributed by atoms with Gasteiger partial charge in [0.05, 0.1) is 23.0 Å². The van der Waals surface area contributed by atoms with Crippen LogP contribution in [0, 0.1) is 12.7 Å². The second kappa shape index (κ2) is 8.21. The van der Waals surface area contributed by atoms with Crippen LogP contribution in [0.5, 0.6) is 0 Å². The van der Waals surface area contributed by atoms with Gasteiger partial charge >= 0.3 is 0 Å². The monoisotopic (exact) mass is 428 g/mol. The lowest BCUT2D eigenvalue weighted by Crippen LogP contribution is -2.27. The van der Waals surface area contributed by atoms with E-state index in [1.54, 1.807) is 37.0 Å². The van der Waals surface area contributed by atoms with E-state index in [1.165, 1.54) is 29.1 Å². The summed E-state index contributed by atoms with van der Waals surface area (Å²) in [6.07, 6.45) is 0.475. The number of nitrogens with one attached hydrogen (secondary N) is 1. The first-order valence-corrected chi connectivity index (χ1v) is 9.48. The molecular formula is C21H19F3N6O. The van der Waals surface area contributed by atoms with Crippen molar-refractivity contribution in [3.05, 3.63) is 65.4 Å². The predicted molar refractivity (Wildman–Crippen MR) is 108 cm³/mol. The number of nitrogens with zero attached hydrogens (tertiary/aromatic N) is 5. The number of halogens is 3. The van der Waals surface area contributed by atoms with E-state index >= 15 is 0 Å². The van der Waals surface area contributed by atoms with E-state index in [4.69, 9.17) is 0 Å². The molecule has 1 amide bonds. The standard InChI is InChI=1S/C21H19F3N6O/c1-12-19-16(20(23)24)7-17(14-9-26-29(2)10-14)27-21(19)30(28-12)11-18(31)25-8-13-3-5-15(22)6-4-13/h3-7,9-10,20H,8,11H2,1-2H3,(H,25,31). The average molecular weight is 428 g/mol. The number of fused-ring (bicyclic) bond motifs is 1. The molecule has 0 aliphatic carbocycles. The summed E-state index contributed by atoms with van der Waals surface area (Å²) in [4.78, 5) is 16.9. The number of alkyl halides is 2. The highest BCUT2D eigenvalue weighted by molar-refractivity contribution is 5.86. The molecule has 31 heavy (non-hydrogen) atoms. The van der Waals surface area contributed by atoms with E-state index < -0.39 is 6.43 Å². The average Bonchev–Trinajstić information content (AvgIpc) is 3.30. The molecule has 0 bridgehead atoms. The van der Waals surface area contributed by atoms with Gasteiger partial charge in [0.1, 0.15) is 12.4 Å². The van der Waals surface area contributed by atoms with E-state index in [2.05, 4.69) is 20.5 Å². The van der Waals surface area contributed by atoms with E-state index in [-0.39, 0.29) is 41.4 Å². The molecule has 7 nitrogen and oxygen atoms in total. The number of carbonyl (C=O) groups excluding carboxylic acids is 1. The normalized spacial score (nSPS) is 11.4. The van der Waals surface area contributed by atoms with Crippen LogP contribution in [0.3, 0.4) is 0 Å². The van der Waals surface area contributed by atoms with E-state index in [0.29, 0.717) is 17.0 Å². The number of aromatic nitrogens is 5. The SMILES string of the molecule is Cc1nn(CC(=O)NCc2ccc(F)cc2)c2nc(-c3cnn(C)c3)cc(C(F)F)c12. The number of amides is 1. The van der Waals surface area contributed by atoms with Gasteiger partial charge in [0.2, 0.25) is 5.91 Å². The molecule has 3 heterocycles. The maximum Gasteiger partial charge on any atom is 0.264 e. The van der Waals surface area contributed by atoms with Crippen molar-refractivity contribution in [3.63, 3.8) is 0 Å². The summed E-state index contributed by atoms with van der Waals surface area (Å²) >= 11 is 0. The van der Waals surface area contributed by atoms with Crippen molar-refractivity contribution in [2.24, 2.45) is 7.05 Å². The van der Waals surface area contributed by atoms with Gasteiger partial charge in [0, 0.05) is 30.9 Å². The second-order valence-electron chi connectivity index (χ2n) is 7.14. The Morgan fingerprint density at radius 2 is 1.97 bits per heavy atom. The van der Waals surface area contributed by atoms with Crippen LogP contribution in [-0.4, -0.2) is 30.5 Å². The van der Waals surface area contributed by atoms with Gasteiger partial charge in [0.15, 0.2) is 5.65 Å². The van der Waals surface area contributed by atoms with Crippen LogP contribution in [0.1, 0.15) is 23.2 Å². The molecule has 4 rings (SSSR count). The Bertz CT molecular complexity index is 1250. The molecule has 4 aromatic rings. The molecule has 0 atom stereocenters. The highest BCUT2D eigenvalue weighted by Gasteiger charge is 2.22. The van der Waals surface area contributed by atoms with Crippen molar-refractivity contribution < 1.29 is 18.0 Å². The van der Waals surface area contributed by atoms with Crippen LogP contribution in [0.25, 0.3) is 22.3 Å². The largest absolute Gasteiger partial charge is 0.350 e. The highest BCUT2D eigenvalue weighted by atomic mass is 19.3. The zero-order valence-corrected chi connectivity index (χ0v) is 16.8. The smallest absolute Gasteiger partial charge is 0.264 e. The molecule has 0 unspecified atom stereocenters. The van der Waals surface area contributed by atoms with Crippen LogP contribution in [0.15, 0.2) is 42.7 Å². The predicted octanol–water partition coefficient (Wildman–Crippen LogP) is 3.53. The molecule has 1 N–H and O–H groups in total. The second-order valence-corrected chi connectivity index (χ2v) is 7.14. The van der Waals surface area contributed by atoms with Crippen molar-refractivity contribution in [1.29, 1.82) is 0 Å². The molecule has 0 spiro atoms. The Balaban J connectivity index is 1.64. The van der Waals surface area contributed by atoms with Crippen LogP contribution >= 0.6 is 0 Å². The third kappa shape index (κ3) is 4.27. The fourth-order valence-electron chi connectivity index (χ4n) is 3.37. The minimum Gasteiger partial charge on any atom is -0.350 e. The fourth-order valence-corrected chi connectivity index (χ4v) is 3.37. The molecule has 160 valence electrons. The first kappa shape index (κ1) is 20.6. The van der Waals surface area contributed by atoms with Gasteiger partial charge in [-0.25, -0.2) is 22.8 Å². The summed E-state index contributed by atoms with van der Waals surface area (Å²) in [5, 5.41) is 11.3. The Kier molecular flexibility index (Phi) is 5.45. The molecule has 0 aliphatic heterocycles. The third-order valence-corrected chi connectivity index (χ3v) is 4.84. The van der Waals surface area contributed by atoms with Gasteiger partial charge in [-0.2, -0.15) is 10.2 Å². The van der Waals surface area contributed by atoms with Gasteiger partial charge in [-0.15, -0.1) is 0 Å². The summed E-state index contributed by atoms with van der Waals surface area (Å²) in [5.74, 6) is -0.736. The van der Waals surface area contributed by atoms with Gasteiger partial charge in [-0.1, -0.05) is 12.1 Å². The zero-order chi connectivity index (χ0) is 22.1. The van der Waals surface area contributed by atoms with E-state index in [0.717, 1.165) is 5.56 Å². The number of benzene rings is 1. The number of hydrogen-bond acceptors (Lipinski definition) is 4. The summed E-state index contributed by atoms with van der Waals surface area (Å²) in [6.45, 7) is 1.61. The molecule has 1 aromatic carbocycles. The Morgan fingerprint density at radius 1 is 1.23 bits per heavy atom. The highest BCUT2D eigenvalue weighted by Crippen LogP contribution is 2.32. The summed E-state index contributed by atoms with van der Waals surface area (Å²) in [7, 11) is 1.72. The maximum atomic E-state index is 13.8. The topological polar surface area (TPSA) is 77.6 Å². The van der Waals surface area contributed by atoms with Crippen LogP contribution in [0.2, 0.25) is 0 Å². The summed E-state index contributed by atoms with van der Waals surface area (Å²) in [6, 6.07) is 7.08. The third-order valence-electron chi connectivity index (χ3n) is 4.84. The number of pyridine rings is 1. The summed E-state index contributed by atoms with van der Waals surface area (Å²) < 4.78 is 43.5. The van der Waals surface area contributed by atoms with E-state index in [9.17, 15) is 18.0 Å². The molecule has 0 fully saturated rings. The molecule has 0 saturated heterocycles. The van der Waals surface area contributed by atoms with E-state index in [1.807, 2.05) is 0 Å². The summed E-state index contributed by atoms with van der Waals surface area (Å²) in [5.41, 5.74) is 2.00. The van der Waals surface area contributed by atoms with Gasteiger partial charge in [-0.3, -0.25) is 9.48 Å². The van der Waals surface area contributed by atoms with Gasteiger partial charge < -0.3 is 5.32 Å². The van der Waals surface area contributed by atoms with Crippen molar-refractivity contribution in [1.82, 2.24) is 29.9 Å². The Labute approximate surface area is 175 Å². The zero-order valence-electron chi connectivity index (χ0n) is 16.8. The maximum absolute atomic E-state index is 13.8. The molecule has 10 heteroatoms. The minimum atomic E-state index is -2.73. The molecule has 0 saturated carbocycles. The van der Waals surface area contributed by atoms with Crippen molar-refractivity contribution in [2.75, 3.05) is 0 Å². The number of rotatable bonds is 6. The number of carbonyl (C=O) groups is 1. The Hall–Kier alpha value is -3.69. The van der Waals surface area contributed by atoms with Crippen molar-refractivity contribution >= 4 is 16.9 Å². The first-order chi connectivity index (χ1) is 14.8. The lowest BCUT2D eigenvalue weighted by molar-refractivity contribution is -0.121. The number of hydrogen-bond donors (Lipinski definition) is 1. The fraction of sp³-hybridized carbons (Fsp3) is 0.238. The molecular weight excluding hydrogens is 409 g/mol. The lowest BCUT2D eigenvalue weighted by Gasteiger charge is -2.08. The number of aryl methyl sites for hydroxylation is 2. The first-order valence-electron chi connectivity index (χ1n) is 9.48.